The van der Waals surface area contributed by atoms with Gasteiger partial charge in [0.25, 0.3) is 0 Å². The number of amides is 1. The predicted molar refractivity (Wildman–Crippen MR) is 70.3 cm³/mol. The lowest BCUT2D eigenvalue weighted by molar-refractivity contribution is -0.117. The molecule has 0 radical (unpaired) electrons. The zero-order valence-corrected chi connectivity index (χ0v) is 10.1. The minimum absolute atomic E-state index is 0.0760. The Kier molecular flexibility index (Phi) is 3.23. The van der Waals surface area contributed by atoms with Crippen molar-refractivity contribution in [2.45, 2.75) is 6.04 Å². The summed E-state index contributed by atoms with van der Waals surface area (Å²) in [5.74, 6) is -0.0760. The van der Waals surface area contributed by atoms with Gasteiger partial charge in [-0.25, -0.2) is 15.8 Å². The van der Waals surface area contributed by atoms with Crippen LogP contribution in [0.25, 0.3) is 5.69 Å². The summed E-state index contributed by atoms with van der Waals surface area (Å²) in [6, 6.07) is 7.31. The Balaban J connectivity index is 1.67. The molecule has 1 atom stereocenters. The van der Waals surface area contributed by atoms with Crippen LogP contribution in [-0.2, 0) is 4.79 Å². The zero-order valence-electron chi connectivity index (χ0n) is 10.1. The number of hydrazine groups is 2. The van der Waals surface area contributed by atoms with E-state index in [2.05, 4.69) is 26.7 Å². The van der Waals surface area contributed by atoms with Gasteiger partial charge < -0.3 is 9.88 Å². The van der Waals surface area contributed by atoms with Crippen molar-refractivity contribution in [1.29, 1.82) is 0 Å². The molecule has 1 saturated heterocycles. The smallest absolute Gasteiger partial charge is 0.244 e. The molecular formula is C12H14N6O. The van der Waals surface area contributed by atoms with Gasteiger partial charge in [-0.1, -0.05) is 0 Å². The van der Waals surface area contributed by atoms with Gasteiger partial charge in [0.05, 0.1) is 6.33 Å². The van der Waals surface area contributed by atoms with Crippen LogP contribution < -0.4 is 21.7 Å². The van der Waals surface area contributed by atoms with Gasteiger partial charge in [-0.15, -0.1) is 0 Å². The van der Waals surface area contributed by atoms with Gasteiger partial charge in [-0.2, -0.15) is 5.53 Å². The molecule has 1 aliphatic heterocycles. The molecule has 19 heavy (non-hydrogen) atoms. The van der Waals surface area contributed by atoms with Gasteiger partial charge in [-0.3, -0.25) is 4.79 Å². The second-order valence-corrected chi connectivity index (χ2v) is 4.21. The van der Waals surface area contributed by atoms with Crippen LogP contribution in [0.15, 0.2) is 43.0 Å². The second-order valence-electron chi connectivity index (χ2n) is 4.21. The fraction of sp³-hybridized carbons (Fsp3) is 0.167. The average molecular weight is 258 g/mol. The van der Waals surface area contributed by atoms with Crippen molar-refractivity contribution in [3.05, 3.63) is 43.0 Å². The van der Waals surface area contributed by atoms with Gasteiger partial charge in [-0.05, 0) is 24.3 Å². The Morgan fingerprint density at radius 3 is 2.84 bits per heavy atom. The number of nitrogens with zero attached hydrogens (tertiary/aromatic N) is 2. The summed E-state index contributed by atoms with van der Waals surface area (Å²) in [5.41, 5.74) is 10.1. The second kappa shape index (κ2) is 5.19. The van der Waals surface area contributed by atoms with Crippen LogP contribution in [0.4, 0.5) is 5.69 Å². The van der Waals surface area contributed by atoms with Crippen molar-refractivity contribution in [2.24, 2.45) is 0 Å². The number of carbonyl (C=O) groups is 1. The molecule has 1 aromatic carbocycles. The van der Waals surface area contributed by atoms with E-state index in [1.165, 1.54) is 0 Å². The summed E-state index contributed by atoms with van der Waals surface area (Å²) in [6.45, 7) is 0.555. The van der Waals surface area contributed by atoms with Gasteiger partial charge in [0.1, 0.15) is 6.04 Å². The number of rotatable bonds is 3. The molecule has 0 aliphatic carbocycles. The van der Waals surface area contributed by atoms with Crippen molar-refractivity contribution < 1.29 is 4.79 Å². The van der Waals surface area contributed by atoms with E-state index in [0.717, 1.165) is 11.4 Å². The zero-order chi connectivity index (χ0) is 13.1. The first-order valence-corrected chi connectivity index (χ1v) is 5.95. The fourth-order valence-electron chi connectivity index (χ4n) is 1.86. The monoisotopic (exact) mass is 258 g/mol. The van der Waals surface area contributed by atoms with Crippen molar-refractivity contribution in [2.75, 3.05) is 11.9 Å². The summed E-state index contributed by atoms with van der Waals surface area (Å²) in [4.78, 5) is 15.9. The van der Waals surface area contributed by atoms with Crippen LogP contribution in [-0.4, -0.2) is 28.0 Å². The minimum atomic E-state index is -0.270. The standard InChI is InChI=1S/C12H14N6O/c19-12(11-7-14-17-16-11)15-9-1-3-10(4-2-9)18-6-5-13-8-18/h1-6,8,11,14,16-17H,7H2,(H,15,19). The van der Waals surface area contributed by atoms with Crippen molar-refractivity contribution in [3.63, 3.8) is 0 Å². The van der Waals surface area contributed by atoms with Crippen LogP contribution in [0.2, 0.25) is 0 Å². The third-order valence-electron chi connectivity index (χ3n) is 2.89. The molecule has 1 amide bonds. The third-order valence-corrected chi connectivity index (χ3v) is 2.89. The molecule has 0 spiro atoms. The Morgan fingerprint density at radius 2 is 2.21 bits per heavy atom. The molecule has 98 valence electrons. The molecule has 0 bridgehead atoms. The first-order valence-electron chi connectivity index (χ1n) is 5.95. The summed E-state index contributed by atoms with van der Waals surface area (Å²) < 4.78 is 1.90. The first kappa shape index (κ1) is 11.8. The van der Waals surface area contributed by atoms with E-state index < -0.39 is 0 Å². The molecular weight excluding hydrogens is 244 g/mol. The Morgan fingerprint density at radius 1 is 1.37 bits per heavy atom. The molecule has 1 aliphatic rings. The van der Waals surface area contributed by atoms with Crippen molar-refractivity contribution in [3.8, 4) is 5.69 Å². The summed E-state index contributed by atoms with van der Waals surface area (Å²) in [7, 11) is 0. The minimum Gasteiger partial charge on any atom is -0.325 e. The van der Waals surface area contributed by atoms with Gasteiger partial charge in [0, 0.05) is 30.3 Å². The lowest BCUT2D eigenvalue weighted by Crippen LogP contribution is -2.40. The molecule has 7 nitrogen and oxygen atoms in total. The summed E-state index contributed by atoms with van der Waals surface area (Å²) >= 11 is 0. The maximum absolute atomic E-state index is 11.9. The van der Waals surface area contributed by atoms with Crippen molar-refractivity contribution >= 4 is 11.6 Å². The molecule has 3 rings (SSSR count). The number of carbonyl (C=O) groups excluding carboxylic acids is 1. The molecule has 1 fully saturated rings. The van der Waals surface area contributed by atoms with Crippen LogP contribution in [0, 0.1) is 0 Å². The average Bonchev–Trinajstić information content (AvgIpc) is 3.13. The fourth-order valence-corrected chi connectivity index (χ4v) is 1.86. The predicted octanol–water partition coefficient (Wildman–Crippen LogP) is -0.208. The van der Waals surface area contributed by atoms with Gasteiger partial charge in [0.2, 0.25) is 5.91 Å². The lowest BCUT2D eigenvalue weighted by Gasteiger charge is -2.10. The quantitative estimate of drug-likeness (QED) is 0.612. The highest BCUT2D eigenvalue weighted by Gasteiger charge is 2.21. The number of nitrogens with one attached hydrogen (secondary N) is 4. The highest BCUT2D eigenvalue weighted by molar-refractivity contribution is 5.95. The molecule has 2 aromatic rings. The molecule has 1 unspecified atom stereocenters. The van der Waals surface area contributed by atoms with E-state index in [-0.39, 0.29) is 11.9 Å². The highest BCUT2D eigenvalue weighted by atomic mass is 16.2. The van der Waals surface area contributed by atoms with Crippen LogP contribution in [0.1, 0.15) is 0 Å². The largest absolute Gasteiger partial charge is 0.325 e. The Labute approximate surface area is 110 Å². The number of imidazole rings is 1. The van der Waals surface area contributed by atoms with E-state index in [1.54, 1.807) is 12.5 Å². The van der Waals surface area contributed by atoms with E-state index in [9.17, 15) is 4.79 Å². The number of anilines is 1. The highest BCUT2D eigenvalue weighted by Crippen LogP contribution is 2.13. The molecule has 4 N–H and O–H groups in total. The van der Waals surface area contributed by atoms with E-state index >= 15 is 0 Å². The SMILES string of the molecule is O=C(Nc1ccc(-n2ccnc2)cc1)C1CNNN1. The van der Waals surface area contributed by atoms with Gasteiger partial charge >= 0.3 is 0 Å². The molecule has 7 heteroatoms. The van der Waals surface area contributed by atoms with Crippen LogP contribution in [0.5, 0.6) is 0 Å². The van der Waals surface area contributed by atoms with Crippen LogP contribution >= 0.6 is 0 Å². The number of hydrogen-bond donors (Lipinski definition) is 4. The Hall–Kier alpha value is -2.22. The number of hydrogen-bond acceptors (Lipinski definition) is 5. The Bertz CT molecular complexity index is 544. The topological polar surface area (TPSA) is 83.0 Å². The maximum atomic E-state index is 11.9. The normalized spacial score (nSPS) is 18.4. The van der Waals surface area contributed by atoms with E-state index in [0.29, 0.717) is 6.54 Å². The van der Waals surface area contributed by atoms with E-state index in [1.807, 2.05) is 35.0 Å². The number of benzene rings is 1. The van der Waals surface area contributed by atoms with E-state index in [4.69, 9.17) is 0 Å². The summed E-state index contributed by atoms with van der Waals surface area (Å²) in [6.07, 6.45) is 5.32. The third kappa shape index (κ3) is 2.63. The molecule has 0 saturated carbocycles. The first-order chi connectivity index (χ1) is 9.33. The van der Waals surface area contributed by atoms with Crippen LogP contribution in [0.3, 0.4) is 0 Å². The molecule has 1 aromatic heterocycles. The lowest BCUT2D eigenvalue weighted by atomic mass is 10.2. The maximum Gasteiger partial charge on any atom is 0.244 e. The number of aromatic nitrogens is 2. The molecule has 2 heterocycles. The summed E-state index contributed by atoms with van der Waals surface area (Å²) in [5, 5.41) is 2.85. The van der Waals surface area contributed by atoms with Gasteiger partial charge in [0.15, 0.2) is 0 Å². The van der Waals surface area contributed by atoms with Crippen molar-refractivity contribution in [1.82, 2.24) is 25.9 Å².